The molecule has 1 unspecified atom stereocenters. The number of rotatable bonds is 4. The maximum atomic E-state index is 12.0. The summed E-state index contributed by atoms with van der Waals surface area (Å²) in [6, 6.07) is 10.9. The Balaban J connectivity index is 2.00. The minimum Gasteiger partial charge on any atom is -0.444 e. The van der Waals surface area contributed by atoms with Crippen LogP contribution in [-0.2, 0) is 11.3 Å². The fourth-order valence-electron chi connectivity index (χ4n) is 1.68. The number of hydrogen-bond acceptors (Lipinski definition) is 4. The molecule has 1 aromatic heterocycles. The molecular formula is C14H13N3O2. The summed E-state index contributed by atoms with van der Waals surface area (Å²) in [4.78, 5) is 15.9. The van der Waals surface area contributed by atoms with Crippen molar-refractivity contribution in [1.29, 1.82) is 5.26 Å². The van der Waals surface area contributed by atoms with E-state index in [-0.39, 0.29) is 12.5 Å². The Hall–Kier alpha value is -2.61. The molecule has 1 atom stereocenters. The molecule has 0 saturated heterocycles. The smallest absolute Gasteiger partial charge is 0.242 e. The maximum Gasteiger partial charge on any atom is 0.242 e. The van der Waals surface area contributed by atoms with Crippen LogP contribution in [0.3, 0.4) is 0 Å². The second-order valence-corrected chi connectivity index (χ2v) is 4.06. The second kappa shape index (κ2) is 5.83. The second-order valence-electron chi connectivity index (χ2n) is 4.06. The number of benzene rings is 1. The number of oxazole rings is 1. The first kappa shape index (κ1) is 12.8. The van der Waals surface area contributed by atoms with Crippen molar-refractivity contribution in [2.45, 2.75) is 19.4 Å². The first-order valence-electron chi connectivity index (χ1n) is 5.84. The average Bonchev–Trinajstić information content (AvgIpc) is 2.84. The molecule has 1 amide bonds. The highest BCUT2D eigenvalue weighted by atomic mass is 16.4. The van der Waals surface area contributed by atoms with Crippen LogP contribution in [0.5, 0.6) is 0 Å². The molecule has 0 saturated carbocycles. The Bertz CT molecular complexity index is 599. The third kappa shape index (κ3) is 3.19. The third-order valence-electron chi connectivity index (χ3n) is 2.61. The number of carbonyl (C=O) groups excluding carboxylic acids is 1. The van der Waals surface area contributed by atoms with Gasteiger partial charge < -0.3 is 9.73 Å². The number of nitriles is 1. The van der Waals surface area contributed by atoms with E-state index in [4.69, 9.17) is 9.68 Å². The van der Waals surface area contributed by atoms with Crippen molar-refractivity contribution in [1.82, 2.24) is 10.3 Å². The fourth-order valence-corrected chi connectivity index (χ4v) is 1.68. The summed E-state index contributed by atoms with van der Waals surface area (Å²) in [6.07, 6.45) is 1.58. The predicted octanol–water partition coefficient (Wildman–Crippen LogP) is 1.91. The maximum absolute atomic E-state index is 12.0. The summed E-state index contributed by atoms with van der Waals surface area (Å²) >= 11 is 0. The van der Waals surface area contributed by atoms with Crippen molar-refractivity contribution < 1.29 is 9.21 Å². The van der Waals surface area contributed by atoms with Crippen LogP contribution in [0.25, 0.3) is 0 Å². The lowest BCUT2D eigenvalue weighted by atomic mass is 10.00. The molecule has 1 heterocycles. The molecule has 0 aliphatic carbocycles. The van der Waals surface area contributed by atoms with Crippen LogP contribution >= 0.6 is 0 Å². The minimum absolute atomic E-state index is 0.178. The summed E-state index contributed by atoms with van der Waals surface area (Å²) in [6.45, 7) is 1.96. The van der Waals surface area contributed by atoms with E-state index >= 15 is 0 Å². The first-order chi connectivity index (χ1) is 9.20. The third-order valence-corrected chi connectivity index (χ3v) is 2.61. The normalized spacial score (nSPS) is 11.6. The van der Waals surface area contributed by atoms with Crippen molar-refractivity contribution in [3.05, 3.63) is 53.7 Å². The largest absolute Gasteiger partial charge is 0.444 e. The Labute approximate surface area is 110 Å². The van der Waals surface area contributed by atoms with Crippen molar-refractivity contribution >= 4 is 5.91 Å². The van der Waals surface area contributed by atoms with Gasteiger partial charge >= 0.3 is 0 Å². The molecule has 5 heteroatoms. The van der Waals surface area contributed by atoms with E-state index in [1.54, 1.807) is 37.4 Å². The van der Waals surface area contributed by atoms with Gasteiger partial charge in [-0.2, -0.15) is 5.26 Å². The van der Waals surface area contributed by atoms with Crippen molar-refractivity contribution in [3.63, 3.8) is 0 Å². The van der Waals surface area contributed by atoms with Crippen LogP contribution in [0, 0.1) is 18.3 Å². The van der Waals surface area contributed by atoms with Crippen molar-refractivity contribution in [2.24, 2.45) is 0 Å². The summed E-state index contributed by atoms with van der Waals surface area (Å²) in [5.41, 5.74) is 0.672. The van der Waals surface area contributed by atoms with Crippen LogP contribution in [0.4, 0.5) is 0 Å². The van der Waals surface area contributed by atoms with E-state index in [9.17, 15) is 4.79 Å². The zero-order valence-corrected chi connectivity index (χ0v) is 10.5. The Morgan fingerprint density at radius 3 is 2.79 bits per heavy atom. The number of nitrogens with one attached hydrogen (secondary N) is 1. The van der Waals surface area contributed by atoms with E-state index < -0.39 is 5.92 Å². The molecule has 1 N–H and O–H groups in total. The molecule has 0 radical (unpaired) electrons. The van der Waals surface area contributed by atoms with E-state index in [2.05, 4.69) is 10.3 Å². The molecule has 5 nitrogen and oxygen atoms in total. The lowest BCUT2D eigenvalue weighted by Crippen LogP contribution is -2.28. The fraction of sp³-hybridized carbons (Fsp3) is 0.214. The number of amides is 1. The van der Waals surface area contributed by atoms with Gasteiger partial charge in [-0.1, -0.05) is 30.3 Å². The number of aryl methyl sites for hydroxylation is 1. The van der Waals surface area contributed by atoms with Crippen LogP contribution in [0.2, 0.25) is 0 Å². The highest BCUT2D eigenvalue weighted by Gasteiger charge is 2.19. The summed E-state index contributed by atoms with van der Waals surface area (Å²) in [7, 11) is 0. The van der Waals surface area contributed by atoms with Gasteiger partial charge in [-0.25, -0.2) is 4.98 Å². The van der Waals surface area contributed by atoms with Crippen LogP contribution in [0.1, 0.15) is 23.1 Å². The van der Waals surface area contributed by atoms with Gasteiger partial charge in [-0.15, -0.1) is 0 Å². The molecule has 2 rings (SSSR count). The van der Waals surface area contributed by atoms with E-state index in [1.807, 2.05) is 12.1 Å². The van der Waals surface area contributed by atoms with E-state index in [0.29, 0.717) is 17.2 Å². The number of hydrogen-bond donors (Lipinski definition) is 1. The Morgan fingerprint density at radius 1 is 1.47 bits per heavy atom. The Kier molecular flexibility index (Phi) is 3.94. The average molecular weight is 255 g/mol. The molecule has 0 spiro atoms. The summed E-state index contributed by atoms with van der Waals surface area (Å²) < 4.78 is 5.24. The molecule has 1 aromatic carbocycles. The van der Waals surface area contributed by atoms with E-state index in [1.165, 1.54) is 0 Å². The number of aromatic nitrogens is 1. The van der Waals surface area contributed by atoms with Gasteiger partial charge in [0.1, 0.15) is 11.7 Å². The van der Waals surface area contributed by atoms with Crippen LogP contribution < -0.4 is 5.32 Å². The van der Waals surface area contributed by atoms with Gasteiger partial charge in [-0.3, -0.25) is 4.79 Å². The highest BCUT2D eigenvalue weighted by Crippen LogP contribution is 2.14. The van der Waals surface area contributed by atoms with Crippen molar-refractivity contribution in [3.8, 4) is 6.07 Å². The highest BCUT2D eigenvalue weighted by molar-refractivity contribution is 5.86. The molecule has 2 aromatic rings. The molecule has 96 valence electrons. The standard InChI is InChI=1S/C14H13N3O2/c1-10-8-16-13(19-10)9-17-14(18)12(7-15)11-5-3-2-4-6-11/h2-6,8,12H,9H2,1H3,(H,17,18). The lowest BCUT2D eigenvalue weighted by molar-refractivity contribution is -0.121. The molecule has 0 fully saturated rings. The van der Waals surface area contributed by atoms with Gasteiger partial charge in [0.05, 0.1) is 18.8 Å². The molecule has 19 heavy (non-hydrogen) atoms. The monoisotopic (exact) mass is 255 g/mol. The SMILES string of the molecule is Cc1cnc(CNC(=O)C(C#N)c2ccccc2)o1. The van der Waals surface area contributed by atoms with Gasteiger partial charge in [0.25, 0.3) is 0 Å². The van der Waals surface area contributed by atoms with Crippen LogP contribution in [-0.4, -0.2) is 10.9 Å². The van der Waals surface area contributed by atoms with Gasteiger partial charge in [0.15, 0.2) is 0 Å². The van der Waals surface area contributed by atoms with Crippen LogP contribution in [0.15, 0.2) is 40.9 Å². The quantitative estimate of drug-likeness (QED) is 0.905. The number of carbonyl (C=O) groups is 1. The topological polar surface area (TPSA) is 78.9 Å². The zero-order valence-electron chi connectivity index (χ0n) is 10.5. The molecular weight excluding hydrogens is 242 g/mol. The predicted molar refractivity (Wildman–Crippen MR) is 67.9 cm³/mol. The molecule has 0 aliphatic rings. The molecule has 0 bridgehead atoms. The van der Waals surface area contributed by atoms with Crippen molar-refractivity contribution in [2.75, 3.05) is 0 Å². The lowest BCUT2D eigenvalue weighted by Gasteiger charge is -2.09. The number of nitrogens with zero attached hydrogens (tertiary/aromatic N) is 2. The van der Waals surface area contributed by atoms with Gasteiger partial charge in [-0.05, 0) is 12.5 Å². The van der Waals surface area contributed by atoms with Gasteiger partial charge in [0.2, 0.25) is 11.8 Å². The minimum atomic E-state index is -0.822. The Morgan fingerprint density at radius 2 is 2.21 bits per heavy atom. The first-order valence-corrected chi connectivity index (χ1v) is 5.84. The zero-order chi connectivity index (χ0) is 13.7. The molecule has 0 aliphatic heterocycles. The van der Waals surface area contributed by atoms with E-state index in [0.717, 1.165) is 0 Å². The summed E-state index contributed by atoms with van der Waals surface area (Å²) in [5.74, 6) is -0.0680. The summed E-state index contributed by atoms with van der Waals surface area (Å²) in [5, 5.41) is 11.7. The van der Waals surface area contributed by atoms with Gasteiger partial charge in [0, 0.05) is 0 Å².